The van der Waals surface area contributed by atoms with Crippen molar-refractivity contribution in [2.45, 2.75) is 12.5 Å². The number of ether oxygens (including phenoxy) is 2. The van der Waals surface area contributed by atoms with E-state index in [0.717, 1.165) is 22.1 Å². The minimum atomic E-state index is -0.624. The van der Waals surface area contributed by atoms with Crippen LogP contribution in [0.25, 0.3) is 10.8 Å². The first-order chi connectivity index (χ1) is 9.13. The van der Waals surface area contributed by atoms with Crippen molar-refractivity contribution in [2.75, 3.05) is 14.2 Å². The summed E-state index contributed by atoms with van der Waals surface area (Å²) in [4.78, 5) is 11.3. The van der Waals surface area contributed by atoms with Gasteiger partial charge in [0.2, 0.25) is 0 Å². The fraction of sp³-hybridized carbons (Fsp3) is 0.267. The van der Waals surface area contributed by atoms with Crippen molar-refractivity contribution in [1.82, 2.24) is 0 Å². The summed E-state index contributed by atoms with van der Waals surface area (Å²) in [5.74, 6) is 0.432. The third-order valence-corrected chi connectivity index (χ3v) is 3.07. The smallest absolute Gasteiger partial charge is 0.322 e. The van der Waals surface area contributed by atoms with Crippen LogP contribution in [0.15, 0.2) is 36.4 Å². The zero-order valence-corrected chi connectivity index (χ0v) is 11.1. The molecule has 4 nitrogen and oxygen atoms in total. The summed E-state index contributed by atoms with van der Waals surface area (Å²) < 4.78 is 9.80. The Kier molecular flexibility index (Phi) is 4.02. The molecule has 0 amide bonds. The first-order valence-corrected chi connectivity index (χ1v) is 6.04. The fourth-order valence-corrected chi connectivity index (χ4v) is 2.02. The molecule has 0 saturated heterocycles. The molecule has 2 rings (SSSR count). The molecule has 0 unspecified atom stereocenters. The standard InChI is InChI=1S/C15H17NO3/c1-18-13-6-5-11-7-10(3-4-12(11)9-13)8-14(16)15(17)19-2/h3-7,9,14H,8,16H2,1-2H3/t14-/m0/s1. The zero-order valence-electron chi connectivity index (χ0n) is 11.1. The number of carbonyl (C=O) groups is 1. The normalized spacial score (nSPS) is 12.2. The number of carbonyl (C=O) groups excluding carboxylic acids is 1. The van der Waals surface area contributed by atoms with Gasteiger partial charge in [0.15, 0.2) is 0 Å². The average molecular weight is 259 g/mol. The van der Waals surface area contributed by atoms with Crippen molar-refractivity contribution >= 4 is 16.7 Å². The van der Waals surface area contributed by atoms with Gasteiger partial charge in [-0.2, -0.15) is 0 Å². The van der Waals surface area contributed by atoms with E-state index in [9.17, 15) is 4.79 Å². The van der Waals surface area contributed by atoms with E-state index >= 15 is 0 Å². The lowest BCUT2D eigenvalue weighted by Gasteiger charge is -2.10. The largest absolute Gasteiger partial charge is 0.497 e. The van der Waals surface area contributed by atoms with E-state index in [2.05, 4.69) is 4.74 Å². The summed E-state index contributed by atoms with van der Waals surface area (Å²) in [6.07, 6.45) is 0.467. The summed E-state index contributed by atoms with van der Waals surface area (Å²) in [6, 6.07) is 11.2. The lowest BCUT2D eigenvalue weighted by atomic mass is 10.0. The van der Waals surface area contributed by atoms with Gasteiger partial charge in [0.25, 0.3) is 0 Å². The summed E-state index contributed by atoms with van der Waals surface area (Å²) in [7, 11) is 2.99. The van der Waals surface area contributed by atoms with Crippen LogP contribution >= 0.6 is 0 Å². The lowest BCUT2D eigenvalue weighted by Crippen LogP contribution is -2.33. The average Bonchev–Trinajstić information content (AvgIpc) is 2.45. The molecule has 0 saturated carbocycles. The molecule has 2 N–H and O–H groups in total. The molecular weight excluding hydrogens is 242 g/mol. The van der Waals surface area contributed by atoms with Crippen molar-refractivity contribution in [3.05, 3.63) is 42.0 Å². The summed E-state index contributed by atoms with van der Waals surface area (Å²) in [5, 5.41) is 2.19. The Morgan fingerprint density at radius 3 is 2.53 bits per heavy atom. The molecule has 0 aliphatic rings. The van der Waals surface area contributed by atoms with Gasteiger partial charge in [0.05, 0.1) is 14.2 Å². The predicted octanol–water partition coefficient (Wildman–Crippen LogP) is 1.89. The Bertz CT molecular complexity index is 595. The van der Waals surface area contributed by atoms with Crippen LogP contribution < -0.4 is 10.5 Å². The van der Waals surface area contributed by atoms with Gasteiger partial charge in [-0.15, -0.1) is 0 Å². The number of rotatable bonds is 4. The van der Waals surface area contributed by atoms with Crippen molar-refractivity contribution < 1.29 is 14.3 Å². The summed E-state index contributed by atoms with van der Waals surface area (Å²) in [5.41, 5.74) is 6.76. The summed E-state index contributed by atoms with van der Waals surface area (Å²) in [6.45, 7) is 0. The van der Waals surface area contributed by atoms with Gasteiger partial charge in [0.1, 0.15) is 11.8 Å². The van der Waals surface area contributed by atoms with Crippen LogP contribution in [0.5, 0.6) is 5.75 Å². The van der Waals surface area contributed by atoms with E-state index in [1.807, 2.05) is 36.4 Å². The first kappa shape index (κ1) is 13.4. The number of benzene rings is 2. The highest BCUT2D eigenvalue weighted by Crippen LogP contribution is 2.22. The minimum Gasteiger partial charge on any atom is -0.497 e. The molecule has 2 aromatic rings. The molecule has 2 aromatic carbocycles. The predicted molar refractivity (Wildman–Crippen MR) is 74.2 cm³/mol. The molecule has 0 aromatic heterocycles. The van der Waals surface area contributed by atoms with Crippen molar-refractivity contribution in [1.29, 1.82) is 0 Å². The van der Waals surface area contributed by atoms with E-state index in [4.69, 9.17) is 10.5 Å². The second kappa shape index (κ2) is 5.71. The number of hydrogen-bond donors (Lipinski definition) is 1. The third-order valence-electron chi connectivity index (χ3n) is 3.07. The van der Waals surface area contributed by atoms with Gasteiger partial charge in [-0.25, -0.2) is 0 Å². The van der Waals surface area contributed by atoms with Crippen molar-refractivity contribution in [3.63, 3.8) is 0 Å². The number of hydrogen-bond acceptors (Lipinski definition) is 4. The molecule has 0 spiro atoms. The number of nitrogens with two attached hydrogens (primary N) is 1. The van der Waals surface area contributed by atoms with Gasteiger partial charge in [-0.1, -0.05) is 24.3 Å². The van der Waals surface area contributed by atoms with Crippen LogP contribution in [0.4, 0.5) is 0 Å². The molecule has 19 heavy (non-hydrogen) atoms. The third kappa shape index (κ3) is 3.03. The Labute approximate surface area is 112 Å². The number of esters is 1. The molecule has 0 bridgehead atoms. The molecule has 0 radical (unpaired) electrons. The zero-order chi connectivity index (χ0) is 13.8. The van der Waals surface area contributed by atoms with Crippen LogP contribution in [0, 0.1) is 0 Å². The van der Waals surface area contributed by atoms with Crippen molar-refractivity contribution in [3.8, 4) is 5.75 Å². The highest BCUT2D eigenvalue weighted by atomic mass is 16.5. The SMILES string of the molecule is COC(=O)[C@@H](N)Cc1ccc2cc(OC)ccc2c1. The Balaban J connectivity index is 2.24. The van der Waals surface area contributed by atoms with E-state index in [1.54, 1.807) is 7.11 Å². The number of fused-ring (bicyclic) bond motifs is 1. The Morgan fingerprint density at radius 1 is 1.16 bits per heavy atom. The minimum absolute atomic E-state index is 0.394. The molecule has 0 aliphatic heterocycles. The first-order valence-electron chi connectivity index (χ1n) is 6.04. The van der Waals surface area contributed by atoms with Gasteiger partial charge in [0, 0.05) is 0 Å². The quantitative estimate of drug-likeness (QED) is 0.852. The lowest BCUT2D eigenvalue weighted by molar-refractivity contribution is -0.142. The maximum absolute atomic E-state index is 11.3. The van der Waals surface area contributed by atoms with Gasteiger partial charge >= 0.3 is 5.97 Å². The van der Waals surface area contributed by atoms with E-state index in [1.165, 1.54) is 7.11 Å². The van der Waals surface area contributed by atoms with Gasteiger partial charge in [-0.3, -0.25) is 4.79 Å². The van der Waals surface area contributed by atoms with Crippen LogP contribution in [-0.4, -0.2) is 26.2 Å². The molecule has 0 aliphatic carbocycles. The van der Waals surface area contributed by atoms with Crippen molar-refractivity contribution in [2.24, 2.45) is 5.73 Å². The number of methoxy groups -OCH3 is 2. The fourth-order valence-electron chi connectivity index (χ4n) is 2.02. The monoisotopic (exact) mass is 259 g/mol. The molecule has 1 atom stereocenters. The maximum Gasteiger partial charge on any atom is 0.322 e. The second-order valence-corrected chi connectivity index (χ2v) is 4.38. The topological polar surface area (TPSA) is 61.5 Å². The highest BCUT2D eigenvalue weighted by Gasteiger charge is 2.14. The Morgan fingerprint density at radius 2 is 1.84 bits per heavy atom. The second-order valence-electron chi connectivity index (χ2n) is 4.38. The molecule has 0 fully saturated rings. The molecule has 0 heterocycles. The molecule has 100 valence electrons. The van der Waals surface area contributed by atoms with Crippen LogP contribution in [-0.2, 0) is 16.0 Å². The van der Waals surface area contributed by atoms with E-state index < -0.39 is 12.0 Å². The van der Waals surface area contributed by atoms with Crippen LogP contribution in [0.2, 0.25) is 0 Å². The van der Waals surface area contributed by atoms with Gasteiger partial charge in [-0.05, 0) is 34.9 Å². The van der Waals surface area contributed by atoms with E-state index in [-0.39, 0.29) is 0 Å². The molecule has 4 heteroatoms. The highest BCUT2D eigenvalue weighted by molar-refractivity contribution is 5.85. The van der Waals surface area contributed by atoms with E-state index in [0.29, 0.717) is 6.42 Å². The molecular formula is C15H17NO3. The summed E-state index contributed by atoms with van der Waals surface area (Å²) >= 11 is 0. The Hall–Kier alpha value is -2.07. The maximum atomic E-state index is 11.3. The van der Waals surface area contributed by atoms with Gasteiger partial charge < -0.3 is 15.2 Å². The van der Waals surface area contributed by atoms with Crippen LogP contribution in [0.1, 0.15) is 5.56 Å². The van der Waals surface area contributed by atoms with Crippen LogP contribution in [0.3, 0.4) is 0 Å².